The Kier molecular flexibility index (Phi) is 22.8. The Balaban J connectivity index is 0.000000474. The standard InChI is InChI=1S/C11H21NS.C10H18O3S.C10H18OS.2C8H15NO2.2C8H15NO/c1-8-12-10(4,5)9(2,3)11(6,7)13-8;1-7-8(2)14(11,12)10(5,6)9(3,4)13-7;1-7-8(2)12-10(5,6)9(3,4)11-7;2*1-6-9-11-8(4,5)7(2,3)10-6;2*1-6-7(2,3)8(4,5)10-9-6/h1-7H3;1-6H3;1-6H3;2*1-5H3;2*1-5H3. The predicted octanol–water partition coefficient (Wildman–Crippen LogP) is 17.8. The fourth-order valence-corrected chi connectivity index (χ4v) is 12.3. The first-order valence-corrected chi connectivity index (χ1v) is 31.7. The highest BCUT2D eigenvalue weighted by atomic mass is 32.2. The topological polar surface area (TPSA) is 170 Å². The zero-order chi connectivity index (χ0) is 64.8. The molecule has 0 atom stereocenters. The molecule has 0 aromatic heterocycles. The first kappa shape index (κ1) is 75.9. The number of oxime groups is 4. The number of nitrogens with zero attached hydrogens (tertiary/aromatic N) is 5. The van der Waals surface area contributed by atoms with Crippen LogP contribution >= 0.6 is 23.5 Å². The van der Waals surface area contributed by atoms with Crippen molar-refractivity contribution in [1.29, 1.82) is 0 Å². The minimum absolute atomic E-state index is 0.0475. The van der Waals surface area contributed by atoms with Crippen molar-refractivity contribution < 1.29 is 46.7 Å². The fraction of sp³-hybridized carbons (Fsp3) is 0.857. The molecule has 0 unspecified atom stereocenters. The zero-order valence-corrected chi connectivity index (χ0v) is 61.0. The van der Waals surface area contributed by atoms with Crippen LogP contribution in [0.15, 0.2) is 46.9 Å². The lowest BCUT2D eigenvalue weighted by atomic mass is 9.67. The van der Waals surface area contributed by atoms with Crippen molar-refractivity contribution in [2.75, 3.05) is 0 Å². The smallest absolute Gasteiger partial charge is 0.223 e. The van der Waals surface area contributed by atoms with Gasteiger partial charge in [0.2, 0.25) is 11.8 Å². The lowest BCUT2D eigenvalue weighted by molar-refractivity contribution is -0.166. The number of allylic oxidation sites excluding steroid dienone is 4. The second-order valence-corrected chi connectivity index (χ2v) is 36.3. The summed E-state index contributed by atoms with van der Waals surface area (Å²) in [6.45, 7) is 79.4. The van der Waals surface area contributed by atoms with E-state index in [2.05, 4.69) is 159 Å². The highest BCUT2D eigenvalue weighted by Gasteiger charge is 2.55. The molecular formula is C63H117N5O10S3. The van der Waals surface area contributed by atoms with Gasteiger partial charge in [0.05, 0.1) is 31.7 Å². The van der Waals surface area contributed by atoms with Crippen LogP contribution in [0.3, 0.4) is 0 Å². The molecule has 0 aliphatic carbocycles. The monoisotopic (exact) mass is 1200 g/mol. The van der Waals surface area contributed by atoms with E-state index in [4.69, 9.17) is 43.3 Å². The van der Waals surface area contributed by atoms with Crippen molar-refractivity contribution >= 4 is 61.6 Å². The Morgan fingerprint density at radius 1 is 0.358 bits per heavy atom. The number of rotatable bonds is 0. The van der Waals surface area contributed by atoms with E-state index < -0.39 is 20.2 Å². The summed E-state index contributed by atoms with van der Waals surface area (Å²) >= 11 is 3.82. The molecule has 0 bridgehead atoms. The molecule has 0 saturated heterocycles. The second kappa shape index (κ2) is 24.3. The van der Waals surface area contributed by atoms with Gasteiger partial charge in [-0.2, -0.15) is 0 Å². The van der Waals surface area contributed by atoms with E-state index in [1.807, 2.05) is 99.7 Å². The van der Waals surface area contributed by atoms with Crippen molar-refractivity contribution in [2.45, 2.75) is 335 Å². The maximum Gasteiger partial charge on any atom is 0.223 e. The molecule has 0 aromatic rings. The van der Waals surface area contributed by atoms with Gasteiger partial charge in [-0.3, -0.25) is 4.99 Å². The third-order valence-electron chi connectivity index (χ3n) is 20.2. The SMILES string of the molecule is CC1=C(C)S(=O)(=O)C(C)(C)C(C)(C)O1.CC1=C(C)SC(C)(C)C(C)(C)O1.CC1=NC(C)(C)C(C)(C)C(C)(C)S1.CC1=NOC(C)(C)C(C)(C)O1.CC1=NOC(C)(C)C(C)(C)O1.CC1=NOC(C)(C)C1(C)C.CC1=NOC(C)(C)C1(C)C. The van der Waals surface area contributed by atoms with Gasteiger partial charge in [-0.1, -0.05) is 62.2 Å². The molecule has 0 N–H and O–H groups in total. The lowest BCUT2D eigenvalue weighted by Gasteiger charge is -2.52. The van der Waals surface area contributed by atoms with Crippen molar-refractivity contribution in [3.05, 3.63) is 21.3 Å². The van der Waals surface area contributed by atoms with Gasteiger partial charge in [0.15, 0.2) is 21.0 Å². The predicted molar refractivity (Wildman–Crippen MR) is 345 cm³/mol. The van der Waals surface area contributed by atoms with Crippen molar-refractivity contribution in [1.82, 2.24) is 0 Å². The number of hydrogen-bond acceptors (Lipinski definition) is 17. The van der Waals surface area contributed by atoms with Crippen LogP contribution in [0.4, 0.5) is 0 Å². The summed E-state index contributed by atoms with van der Waals surface area (Å²) in [6.07, 6.45) is 0. The van der Waals surface area contributed by atoms with Crippen LogP contribution in [0.1, 0.15) is 270 Å². The number of ether oxygens (including phenoxy) is 4. The first-order valence-electron chi connectivity index (χ1n) is 28.6. The maximum absolute atomic E-state index is 12.1. The lowest BCUT2D eigenvalue weighted by Crippen LogP contribution is -2.55. The molecule has 18 heteroatoms. The second-order valence-electron chi connectivity index (χ2n) is 30.0. The zero-order valence-electron chi connectivity index (χ0n) is 58.5. The molecule has 0 amide bonds. The van der Waals surface area contributed by atoms with Gasteiger partial charge in [-0.15, -0.1) is 23.5 Å². The Morgan fingerprint density at radius 3 is 0.951 bits per heavy atom. The van der Waals surface area contributed by atoms with E-state index in [1.54, 1.807) is 55.4 Å². The van der Waals surface area contributed by atoms with Crippen LogP contribution in [-0.4, -0.2) is 101 Å². The van der Waals surface area contributed by atoms with Gasteiger partial charge in [0.1, 0.15) is 49.9 Å². The minimum Gasteiger partial charge on any atom is -0.490 e. The quantitative estimate of drug-likeness (QED) is 0.225. The third-order valence-corrected chi connectivity index (χ3v) is 26.1. The number of hydrogen-bond donors (Lipinski definition) is 0. The molecule has 0 radical (unpaired) electrons. The molecule has 15 nitrogen and oxygen atoms in total. The Morgan fingerprint density at radius 2 is 0.691 bits per heavy atom. The summed E-state index contributed by atoms with van der Waals surface area (Å²) in [5.41, 5.74) is 0.229. The summed E-state index contributed by atoms with van der Waals surface area (Å²) in [7, 11) is -3.24. The molecule has 7 aliphatic heterocycles. The van der Waals surface area contributed by atoms with Gasteiger partial charge < -0.3 is 38.3 Å². The molecule has 0 spiro atoms. The van der Waals surface area contributed by atoms with Crippen LogP contribution in [0, 0.1) is 16.2 Å². The molecule has 0 saturated carbocycles. The average Bonchev–Trinajstić information content (AvgIpc) is 3.56. The molecule has 0 fully saturated rings. The maximum atomic E-state index is 12.1. The van der Waals surface area contributed by atoms with Crippen LogP contribution in [0.25, 0.3) is 0 Å². The van der Waals surface area contributed by atoms with Gasteiger partial charge >= 0.3 is 0 Å². The highest BCUT2D eigenvalue weighted by Crippen LogP contribution is 2.54. The first-order chi connectivity index (χ1) is 35.4. The average molecular weight is 1200 g/mol. The molecule has 81 heavy (non-hydrogen) atoms. The van der Waals surface area contributed by atoms with Crippen molar-refractivity contribution in [3.8, 4) is 0 Å². The largest absolute Gasteiger partial charge is 0.490 e. The summed E-state index contributed by atoms with van der Waals surface area (Å²) in [5.74, 6) is 2.77. The molecule has 472 valence electrons. The minimum atomic E-state index is -3.24. The third kappa shape index (κ3) is 16.2. The Bertz CT molecular complexity index is 2490. The van der Waals surface area contributed by atoms with Crippen molar-refractivity contribution in [3.63, 3.8) is 0 Å². The Hall–Kier alpha value is -3.12. The summed E-state index contributed by atoms with van der Waals surface area (Å²) < 4.78 is 46.3. The highest BCUT2D eigenvalue weighted by molar-refractivity contribution is 8.15. The van der Waals surface area contributed by atoms with Gasteiger partial charge in [-0.05, 0) is 215 Å². The molecule has 7 aliphatic rings. The molecule has 0 aromatic carbocycles. The van der Waals surface area contributed by atoms with Crippen LogP contribution < -0.4 is 0 Å². The molecule has 7 rings (SSSR count). The normalized spacial score (nSPS) is 27.6. The van der Waals surface area contributed by atoms with E-state index in [1.165, 1.54) is 9.95 Å². The van der Waals surface area contributed by atoms with Crippen LogP contribution in [0.5, 0.6) is 0 Å². The molecular weight excluding hydrogens is 1080 g/mol. The van der Waals surface area contributed by atoms with Gasteiger partial charge in [-0.25, -0.2) is 8.42 Å². The van der Waals surface area contributed by atoms with E-state index in [0.717, 1.165) is 17.2 Å². The fourth-order valence-electron chi connectivity index (χ4n) is 7.71. The molecule has 7 heterocycles. The van der Waals surface area contributed by atoms with Crippen LogP contribution in [-0.2, 0) is 48.1 Å². The number of aliphatic imine (C=N–C) groups is 1. The van der Waals surface area contributed by atoms with Gasteiger partial charge in [0, 0.05) is 39.7 Å². The van der Waals surface area contributed by atoms with Gasteiger partial charge in [0.25, 0.3) is 0 Å². The van der Waals surface area contributed by atoms with Crippen molar-refractivity contribution in [2.24, 2.45) is 41.9 Å². The van der Waals surface area contributed by atoms with Crippen LogP contribution in [0.2, 0.25) is 0 Å². The summed E-state index contributed by atoms with van der Waals surface area (Å²) in [5, 5.41) is 16.7. The van der Waals surface area contributed by atoms with E-state index in [0.29, 0.717) is 22.5 Å². The van der Waals surface area contributed by atoms with E-state index in [-0.39, 0.29) is 70.5 Å². The summed E-state index contributed by atoms with van der Waals surface area (Å²) in [6, 6.07) is 0. The van der Waals surface area contributed by atoms with E-state index >= 15 is 0 Å². The summed E-state index contributed by atoms with van der Waals surface area (Å²) in [4.78, 5) is 27.4. The number of thioether (sulfide) groups is 2. The number of sulfone groups is 1. The van der Waals surface area contributed by atoms with E-state index in [9.17, 15) is 8.42 Å². The Labute approximate surface area is 503 Å².